The quantitative estimate of drug-likeness (QED) is 0.663. The van der Waals surface area contributed by atoms with Crippen molar-refractivity contribution in [3.05, 3.63) is 23.2 Å². The van der Waals surface area contributed by atoms with Crippen LogP contribution >= 0.6 is 0 Å². The zero-order chi connectivity index (χ0) is 12.7. The van der Waals surface area contributed by atoms with Gasteiger partial charge >= 0.3 is 0 Å². The summed E-state index contributed by atoms with van der Waals surface area (Å²) in [5, 5.41) is 0. The van der Waals surface area contributed by atoms with Gasteiger partial charge in [0, 0.05) is 18.5 Å². The number of hydrogen-bond acceptors (Lipinski definition) is 4. The highest BCUT2D eigenvalue weighted by Gasteiger charge is 2.48. The molecule has 0 aromatic rings. The van der Waals surface area contributed by atoms with E-state index in [2.05, 4.69) is 0 Å². The topological polar surface area (TPSA) is 55.8 Å². The smallest absolute Gasteiger partial charge is 0.257 e. The fourth-order valence-electron chi connectivity index (χ4n) is 2.44. The molecule has 2 amide bonds. The van der Waals surface area contributed by atoms with Crippen LogP contribution in [0.5, 0.6) is 0 Å². The Labute approximate surface area is 99.7 Å². The Balaban J connectivity index is 2.53. The summed E-state index contributed by atoms with van der Waals surface area (Å²) in [6.45, 7) is 1.86. The van der Waals surface area contributed by atoms with Gasteiger partial charge in [-0.05, 0) is 6.08 Å². The van der Waals surface area contributed by atoms with Gasteiger partial charge < -0.3 is 9.47 Å². The standard InChI is InChI=1S/C12H15NO4/c1-6-9-7(11(14)13(2)12(9)15)5-8(16-3)10(6)17-4/h5-6,9H,1-4H3. The molecule has 1 aliphatic heterocycles. The van der Waals surface area contributed by atoms with Gasteiger partial charge in [0.2, 0.25) is 5.91 Å². The first-order valence-electron chi connectivity index (χ1n) is 5.38. The number of allylic oxidation sites excluding steroid dienone is 2. The molecular weight excluding hydrogens is 222 g/mol. The van der Waals surface area contributed by atoms with E-state index in [1.54, 1.807) is 6.08 Å². The number of carbonyl (C=O) groups is 2. The SMILES string of the molecule is COC1=C(OC)C(C)C2C(=O)N(C)C(=O)C2=C1. The van der Waals surface area contributed by atoms with Crippen LogP contribution in [0, 0.1) is 11.8 Å². The second kappa shape index (κ2) is 3.91. The average Bonchev–Trinajstić information content (AvgIpc) is 2.54. The molecule has 1 heterocycles. The van der Waals surface area contributed by atoms with E-state index in [0.717, 1.165) is 4.90 Å². The molecule has 2 rings (SSSR count). The largest absolute Gasteiger partial charge is 0.497 e. The average molecular weight is 237 g/mol. The second-order valence-electron chi connectivity index (χ2n) is 4.21. The van der Waals surface area contributed by atoms with Crippen LogP contribution in [0.4, 0.5) is 0 Å². The number of fused-ring (bicyclic) bond motifs is 1. The molecule has 2 atom stereocenters. The van der Waals surface area contributed by atoms with E-state index < -0.39 is 5.92 Å². The Morgan fingerprint density at radius 2 is 1.88 bits per heavy atom. The Hall–Kier alpha value is -1.78. The van der Waals surface area contributed by atoms with Crippen molar-refractivity contribution in [2.45, 2.75) is 6.92 Å². The van der Waals surface area contributed by atoms with Crippen molar-refractivity contribution >= 4 is 11.8 Å². The number of methoxy groups -OCH3 is 2. The van der Waals surface area contributed by atoms with Crippen molar-refractivity contribution in [1.29, 1.82) is 0 Å². The van der Waals surface area contributed by atoms with Gasteiger partial charge in [0.15, 0.2) is 5.76 Å². The van der Waals surface area contributed by atoms with Gasteiger partial charge in [-0.25, -0.2) is 0 Å². The van der Waals surface area contributed by atoms with Crippen LogP contribution in [-0.2, 0) is 19.1 Å². The molecule has 1 aliphatic carbocycles. The summed E-state index contributed by atoms with van der Waals surface area (Å²) in [4.78, 5) is 25.0. The maximum absolute atomic E-state index is 12.0. The van der Waals surface area contributed by atoms with Crippen molar-refractivity contribution in [2.75, 3.05) is 21.3 Å². The maximum Gasteiger partial charge on any atom is 0.257 e. The molecule has 0 aromatic heterocycles. The Bertz CT molecular complexity index is 449. The molecule has 0 aromatic carbocycles. The van der Waals surface area contributed by atoms with Crippen LogP contribution < -0.4 is 0 Å². The summed E-state index contributed by atoms with van der Waals surface area (Å²) in [5.74, 6) is 0.0631. The van der Waals surface area contributed by atoms with E-state index in [-0.39, 0.29) is 17.7 Å². The number of ether oxygens (including phenoxy) is 2. The molecule has 1 saturated heterocycles. The highest BCUT2D eigenvalue weighted by atomic mass is 16.5. The molecule has 2 aliphatic rings. The van der Waals surface area contributed by atoms with Crippen LogP contribution in [0.3, 0.4) is 0 Å². The summed E-state index contributed by atoms with van der Waals surface area (Å²) in [5.41, 5.74) is 0.489. The summed E-state index contributed by atoms with van der Waals surface area (Å²) in [7, 11) is 4.55. The first kappa shape index (κ1) is 11.7. The lowest BCUT2D eigenvalue weighted by atomic mass is 9.83. The molecule has 0 N–H and O–H groups in total. The molecule has 0 spiro atoms. The van der Waals surface area contributed by atoms with Gasteiger partial charge in [-0.15, -0.1) is 0 Å². The zero-order valence-electron chi connectivity index (χ0n) is 10.3. The number of carbonyl (C=O) groups excluding carboxylic acids is 2. The lowest BCUT2D eigenvalue weighted by Crippen LogP contribution is -2.29. The number of imide groups is 1. The van der Waals surface area contributed by atoms with Gasteiger partial charge in [-0.3, -0.25) is 14.5 Å². The third kappa shape index (κ3) is 1.45. The highest BCUT2D eigenvalue weighted by Crippen LogP contribution is 2.40. The minimum absolute atomic E-state index is 0.182. The van der Waals surface area contributed by atoms with Crippen LogP contribution in [0.1, 0.15) is 6.92 Å². The molecule has 0 bridgehead atoms. The molecule has 5 heteroatoms. The van der Waals surface area contributed by atoms with Crippen molar-refractivity contribution in [2.24, 2.45) is 11.8 Å². The molecule has 92 valence electrons. The minimum atomic E-state index is -0.443. The molecule has 2 unspecified atom stereocenters. The lowest BCUT2D eigenvalue weighted by molar-refractivity contribution is -0.137. The predicted octanol–water partition coefficient (Wildman–Crippen LogP) is 0.682. The summed E-state index contributed by atoms with van der Waals surface area (Å²) >= 11 is 0. The Morgan fingerprint density at radius 3 is 2.41 bits per heavy atom. The second-order valence-corrected chi connectivity index (χ2v) is 4.21. The molecule has 17 heavy (non-hydrogen) atoms. The lowest BCUT2D eigenvalue weighted by Gasteiger charge is -2.25. The highest BCUT2D eigenvalue weighted by molar-refractivity contribution is 6.15. The molecule has 1 fully saturated rings. The van der Waals surface area contributed by atoms with Gasteiger partial charge in [-0.1, -0.05) is 6.92 Å². The molecular formula is C12H15NO4. The van der Waals surface area contributed by atoms with Gasteiger partial charge in [-0.2, -0.15) is 0 Å². The van der Waals surface area contributed by atoms with E-state index in [9.17, 15) is 9.59 Å². The van der Waals surface area contributed by atoms with Crippen molar-refractivity contribution in [1.82, 2.24) is 4.90 Å². The van der Waals surface area contributed by atoms with Gasteiger partial charge in [0.25, 0.3) is 5.91 Å². The van der Waals surface area contributed by atoms with Crippen LogP contribution in [0.25, 0.3) is 0 Å². The van der Waals surface area contributed by atoms with E-state index in [1.165, 1.54) is 21.3 Å². The maximum atomic E-state index is 12.0. The Morgan fingerprint density at radius 1 is 1.24 bits per heavy atom. The van der Waals surface area contributed by atoms with Crippen molar-refractivity contribution in [3.8, 4) is 0 Å². The number of rotatable bonds is 2. The normalized spacial score (nSPS) is 28.2. The first-order chi connectivity index (χ1) is 8.02. The van der Waals surface area contributed by atoms with Crippen LogP contribution in [0.2, 0.25) is 0 Å². The summed E-state index contributed by atoms with van der Waals surface area (Å²) in [6, 6.07) is 0. The fourth-order valence-corrected chi connectivity index (χ4v) is 2.44. The van der Waals surface area contributed by atoms with Gasteiger partial charge in [0.1, 0.15) is 5.76 Å². The number of amides is 2. The summed E-state index contributed by atoms with van der Waals surface area (Å²) < 4.78 is 10.5. The summed E-state index contributed by atoms with van der Waals surface area (Å²) in [6.07, 6.45) is 1.60. The van der Waals surface area contributed by atoms with Crippen molar-refractivity contribution < 1.29 is 19.1 Å². The molecule has 0 saturated carbocycles. The predicted molar refractivity (Wildman–Crippen MR) is 59.6 cm³/mol. The molecule has 5 nitrogen and oxygen atoms in total. The van der Waals surface area contributed by atoms with E-state index in [0.29, 0.717) is 17.1 Å². The van der Waals surface area contributed by atoms with Gasteiger partial charge in [0.05, 0.1) is 20.1 Å². The fraction of sp³-hybridized carbons (Fsp3) is 0.500. The monoisotopic (exact) mass is 237 g/mol. The number of hydrogen-bond donors (Lipinski definition) is 0. The van der Waals surface area contributed by atoms with Crippen LogP contribution in [-0.4, -0.2) is 38.0 Å². The van der Waals surface area contributed by atoms with E-state index in [1.807, 2.05) is 6.92 Å². The first-order valence-corrected chi connectivity index (χ1v) is 5.38. The Kier molecular flexibility index (Phi) is 2.69. The number of nitrogens with zero attached hydrogens (tertiary/aromatic N) is 1. The minimum Gasteiger partial charge on any atom is -0.497 e. The number of likely N-dealkylation sites (tertiary alicyclic amines) is 1. The van der Waals surface area contributed by atoms with E-state index in [4.69, 9.17) is 9.47 Å². The third-order valence-corrected chi connectivity index (χ3v) is 3.37. The zero-order valence-corrected chi connectivity index (χ0v) is 10.3. The van der Waals surface area contributed by atoms with Crippen molar-refractivity contribution in [3.63, 3.8) is 0 Å². The third-order valence-electron chi connectivity index (χ3n) is 3.37. The molecule has 0 radical (unpaired) electrons. The number of likely N-dealkylation sites (N-methyl/N-ethyl adjacent to an activating group) is 1. The van der Waals surface area contributed by atoms with E-state index >= 15 is 0 Å². The van der Waals surface area contributed by atoms with Crippen LogP contribution in [0.15, 0.2) is 23.2 Å².